The van der Waals surface area contributed by atoms with Crippen LogP contribution >= 0.6 is 0 Å². The van der Waals surface area contributed by atoms with Gasteiger partial charge in [-0.1, -0.05) is 30.3 Å². The predicted molar refractivity (Wildman–Crippen MR) is 89.0 cm³/mol. The molecule has 0 heterocycles. The molecule has 0 saturated heterocycles. The quantitative estimate of drug-likeness (QED) is 0.910. The van der Waals surface area contributed by atoms with Gasteiger partial charge in [0.15, 0.2) is 0 Å². The second kappa shape index (κ2) is 6.42. The van der Waals surface area contributed by atoms with Crippen LogP contribution in [0, 0.1) is 5.82 Å². The first-order chi connectivity index (χ1) is 10.9. The number of sulfonamides is 1. The molecular formula is C18H20FNO2S. The number of fused-ring (bicyclic) bond motifs is 1. The minimum Gasteiger partial charge on any atom is -0.212 e. The summed E-state index contributed by atoms with van der Waals surface area (Å²) >= 11 is 0. The van der Waals surface area contributed by atoms with Crippen molar-refractivity contribution < 1.29 is 12.8 Å². The second-order valence-electron chi connectivity index (χ2n) is 6.11. The fourth-order valence-electron chi connectivity index (χ4n) is 3.04. The number of aryl methyl sites for hydroxylation is 2. The lowest BCUT2D eigenvalue weighted by Crippen LogP contribution is -2.28. The van der Waals surface area contributed by atoms with Crippen LogP contribution < -0.4 is 4.72 Å². The summed E-state index contributed by atoms with van der Waals surface area (Å²) in [7, 11) is -3.48. The molecule has 1 unspecified atom stereocenters. The van der Waals surface area contributed by atoms with Gasteiger partial charge in [-0.15, -0.1) is 0 Å². The zero-order chi connectivity index (χ0) is 16.4. The molecule has 23 heavy (non-hydrogen) atoms. The van der Waals surface area contributed by atoms with Crippen LogP contribution in [0.4, 0.5) is 4.39 Å². The Bertz CT molecular complexity index is 800. The van der Waals surface area contributed by atoms with Gasteiger partial charge >= 0.3 is 0 Å². The van der Waals surface area contributed by atoms with Crippen molar-refractivity contribution in [2.75, 3.05) is 0 Å². The topological polar surface area (TPSA) is 46.2 Å². The van der Waals surface area contributed by atoms with E-state index in [4.69, 9.17) is 0 Å². The Balaban J connectivity index is 1.70. The molecule has 1 aliphatic rings. The molecule has 0 radical (unpaired) electrons. The van der Waals surface area contributed by atoms with Crippen molar-refractivity contribution in [2.24, 2.45) is 0 Å². The predicted octanol–water partition coefficient (Wildman–Crippen LogP) is 3.50. The molecule has 5 heteroatoms. The van der Waals surface area contributed by atoms with Crippen molar-refractivity contribution >= 4 is 10.0 Å². The van der Waals surface area contributed by atoms with Crippen molar-refractivity contribution in [3.05, 3.63) is 70.5 Å². The van der Waals surface area contributed by atoms with E-state index in [2.05, 4.69) is 16.9 Å². The van der Waals surface area contributed by atoms with Crippen molar-refractivity contribution in [3.63, 3.8) is 0 Å². The lowest BCUT2D eigenvalue weighted by Gasteiger charge is -2.16. The second-order valence-corrected chi connectivity index (χ2v) is 7.86. The Morgan fingerprint density at radius 1 is 1.09 bits per heavy atom. The van der Waals surface area contributed by atoms with Crippen LogP contribution in [0.5, 0.6) is 0 Å². The summed E-state index contributed by atoms with van der Waals surface area (Å²) in [5.74, 6) is -0.520. The van der Waals surface area contributed by atoms with Crippen LogP contribution in [0.2, 0.25) is 0 Å². The van der Waals surface area contributed by atoms with Gasteiger partial charge in [-0.2, -0.15) is 0 Å². The van der Waals surface area contributed by atoms with Crippen LogP contribution in [0.1, 0.15) is 41.6 Å². The zero-order valence-electron chi connectivity index (χ0n) is 13.0. The Labute approximate surface area is 136 Å². The van der Waals surface area contributed by atoms with E-state index in [0.717, 1.165) is 18.4 Å². The number of nitrogens with one attached hydrogen (secondary N) is 1. The molecule has 122 valence electrons. The van der Waals surface area contributed by atoms with E-state index in [-0.39, 0.29) is 17.6 Å². The van der Waals surface area contributed by atoms with Crippen LogP contribution in [-0.2, 0) is 28.6 Å². The molecule has 1 N–H and O–H groups in total. The molecular weight excluding hydrogens is 313 g/mol. The van der Waals surface area contributed by atoms with Crippen molar-refractivity contribution in [1.82, 2.24) is 4.72 Å². The third kappa shape index (κ3) is 3.98. The average molecular weight is 333 g/mol. The molecule has 0 spiro atoms. The summed E-state index contributed by atoms with van der Waals surface area (Å²) in [6.45, 7) is 1.85. The lowest BCUT2D eigenvalue weighted by atomic mass is 10.0. The van der Waals surface area contributed by atoms with Crippen LogP contribution in [0.15, 0.2) is 42.5 Å². The summed E-state index contributed by atoms with van der Waals surface area (Å²) in [6.07, 6.45) is 3.35. The highest BCUT2D eigenvalue weighted by molar-refractivity contribution is 7.88. The highest BCUT2D eigenvalue weighted by atomic mass is 32.2. The maximum absolute atomic E-state index is 12.9. The van der Waals surface area contributed by atoms with E-state index in [1.54, 1.807) is 0 Å². The Morgan fingerprint density at radius 2 is 1.78 bits per heavy atom. The summed E-state index contributed by atoms with van der Waals surface area (Å²) in [6, 6.07) is 11.4. The van der Waals surface area contributed by atoms with Crippen LogP contribution in [0.3, 0.4) is 0 Å². The fourth-order valence-corrected chi connectivity index (χ4v) is 4.43. The van der Waals surface area contributed by atoms with Gasteiger partial charge < -0.3 is 0 Å². The molecule has 3 rings (SSSR count). The van der Waals surface area contributed by atoms with Gasteiger partial charge in [-0.25, -0.2) is 17.5 Å². The van der Waals surface area contributed by atoms with E-state index in [1.165, 1.54) is 41.8 Å². The minimum atomic E-state index is -3.48. The van der Waals surface area contributed by atoms with Gasteiger partial charge in [0.2, 0.25) is 10.0 Å². The normalized spacial score (nSPS) is 15.4. The zero-order valence-corrected chi connectivity index (χ0v) is 13.9. The molecule has 0 bridgehead atoms. The van der Waals surface area contributed by atoms with Gasteiger partial charge in [-0.05, 0) is 60.6 Å². The smallest absolute Gasteiger partial charge is 0.212 e. The van der Waals surface area contributed by atoms with E-state index in [0.29, 0.717) is 5.56 Å². The molecule has 0 fully saturated rings. The summed E-state index contributed by atoms with van der Waals surface area (Å²) in [4.78, 5) is 0. The van der Waals surface area contributed by atoms with Gasteiger partial charge in [0.1, 0.15) is 5.82 Å². The average Bonchev–Trinajstić information content (AvgIpc) is 2.96. The number of hydrogen-bond acceptors (Lipinski definition) is 2. The fraction of sp³-hybridized carbons (Fsp3) is 0.333. The molecule has 0 saturated carbocycles. The SMILES string of the molecule is CC(NS(=O)(=O)Cc1ccc(F)cc1)c1ccc2c(c1)CCC2. The first-order valence-electron chi connectivity index (χ1n) is 7.79. The molecule has 1 atom stereocenters. The highest BCUT2D eigenvalue weighted by Gasteiger charge is 2.18. The van der Waals surface area contributed by atoms with Crippen molar-refractivity contribution in [1.29, 1.82) is 0 Å². The molecule has 0 amide bonds. The van der Waals surface area contributed by atoms with Gasteiger partial charge in [-0.3, -0.25) is 0 Å². The lowest BCUT2D eigenvalue weighted by molar-refractivity contribution is 0.565. The van der Waals surface area contributed by atoms with E-state index >= 15 is 0 Å². The number of benzene rings is 2. The van der Waals surface area contributed by atoms with Crippen molar-refractivity contribution in [3.8, 4) is 0 Å². The largest absolute Gasteiger partial charge is 0.216 e. The van der Waals surface area contributed by atoms with Gasteiger partial charge in [0.05, 0.1) is 5.75 Å². The summed E-state index contributed by atoms with van der Waals surface area (Å²) in [5.41, 5.74) is 4.25. The third-order valence-electron chi connectivity index (χ3n) is 4.25. The van der Waals surface area contributed by atoms with Crippen LogP contribution in [0.25, 0.3) is 0 Å². The van der Waals surface area contributed by atoms with Crippen molar-refractivity contribution in [2.45, 2.75) is 38.0 Å². The molecule has 3 nitrogen and oxygen atoms in total. The van der Waals surface area contributed by atoms with E-state index < -0.39 is 10.0 Å². The standard InChI is InChI=1S/C18H20FNO2S/c1-13(16-8-7-15-3-2-4-17(15)11-16)20-23(21,22)12-14-5-9-18(19)10-6-14/h5-11,13,20H,2-4,12H2,1H3. The maximum Gasteiger partial charge on any atom is 0.216 e. The monoisotopic (exact) mass is 333 g/mol. The summed E-state index contributed by atoms with van der Waals surface area (Å²) in [5, 5.41) is 0. The molecule has 2 aromatic rings. The maximum atomic E-state index is 12.9. The van der Waals surface area contributed by atoms with E-state index in [9.17, 15) is 12.8 Å². The number of halogens is 1. The molecule has 0 aromatic heterocycles. The molecule has 2 aromatic carbocycles. The van der Waals surface area contributed by atoms with Gasteiger partial charge in [0, 0.05) is 6.04 Å². The Morgan fingerprint density at radius 3 is 2.52 bits per heavy atom. The third-order valence-corrected chi connectivity index (χ3v) is 5.67. The van der Waals surface area contributed by atoms with Crippen LogP contribution in [-0.4, -0.2) is 8.42 Å². The Hall–Kier alpha value is -1.72. The minimum absolute atomic E-state index is 0.150. The highest BCUT2D eigenvalue weighted by Crippen LogP contribution is 2.25. The Kier molecular flexibility index (Phi) is 4.50. The molecule has 0 aliphatic heterocycles. The van der Waals surface area contributed by atoms with Gasteiger partial charge in [0.25, 0.3) is 0 Å². The number of hydrogen-bond donors (Lipinski definition) is 1. The first-order valence-corrected chi connectivity index (χ1v) is 9.44. The summed E-state index contributed by atoms with van der Waals surface area (Å²) < 4.78 is 40.2. The van der Waals surface area contributed by atoms with E-state index in [1.807, 2.05) is 13.0 Å². The number of rotatable bonds is 5. The molecule has 1 aliphatic carbocycles. The first kappa shape index (κ1) is 16.1.